The smallest absolute Gasteiger partial charge is 0.150 e. The number of aromatic nitrogens is 1. The molecule has 3 heterocycles. The van der Waals surface area contributed by atoms with Crippen LogP contribution in [0.4, 0.5) is 0 Å². The molecule has 0 radical (unpaired) electrons. The largest absolute Gasteiger partial charge is 0.508 e. The fourth-order valence-electron chi connectivity index (χ4n) is 6.72. The molecule has 0 saturated heterocycles. The zero-order valence-electron chi connectivity index (χ0n) is 23.0. The molecule has 0 fully saturated rings. The van der Waals surface area contributed by atoms with Crippen LogP contribution in [0.5, 0.6) is 17.2 Å². The van der Waals surface area contributed by atoms with Crippen LogP contribution in [0.2, 0.25) is 0 Å². The predicted molar refractivity (Wildman–Crippen MR) is 172 cm³/mol. The topological polar surface area (TPSA) is 42.4 Å². The van der Waals surface area contributed by atoms with Crippen LogP contribution in [-0.2, 0) is 11.8 Å². The van der Waals surface area contributed by atoms with Crippen molar-refractivity contribution in [3.63, 3.8) is 0 Å². The van der Waals surface area contributed by atoms with Gasteiger partial charge in [0.25, 0.3) is 0 Å². The summed E-state index contributed by atoms with van der Waals surface area (Å²) < 4.78 is 9.08. The van der Waals surface area contributed by atoms with E-state index in [2.05, 4.69) is 84.7 Å². The van der Waals surface area contributed by atoms with Crippen molar-refractivity contribution in [1.29, 1.82) is 0 Å². The van der Waals surface area contributed by atoms with Crippen LogP contribution in [0.15, 0.2) is 128 Å². The van der Waals surface area contributed by atoms with E-state index in [-0.39, 0.29) is 5.75 Å². The van der Waals surface area contributed by atoms with Crippen molar-refractivity contribution >= 4 is 31.5 Å². The Morgan fingerprint density at radius 2 is 1.40 bits per heavy atom. The second kappa shape index (κ2) is 9.57. The van der Waals surface area contributed by atoms with Crippen molar-refractivity contribution in [2.45, 2.75) is 18.8 Å². The number of nitrogens with zero attached hydrogens (tertiary/aromatic N) is 1. The van der Waals surface area contributed by atoms with Gasteiger partial charge in [0.05, 0.1) is 11.6 Å². The number of ether oxygens (including phenoxy) is 1. The van der Waals surface area contributed by atoms with Gasteiger partial charge < -0.3 is 9.84 Å². The number of benzene rings is 5. The number of phenolic OH excluding ortho intramolecular Hbond substituents is 1. The van der Waals surface area contributed by atoms with Gasteiger partial charge in [-0.1, -0.05) is 91.9 Å². The molecule has 202 valence electrons. The first kappa shape index (κ1) is 24.8. The molecule has 1 N–H and O–H groups in total. The summed E-state index contributed by atoms with van der Waals surface area (Å²) >= 11 is 1.83. The van der Waals surface area contributed by atoms with Gasteiger partial charge in [0, 0.05) is 43.1 Å². The van der Waals surface area contributed by atoms with Crippen LogP contribution in [0.25, 0.3) is 31.3 Å². The number of phenols is 1. The first-order valence-electron chi connectivity index (χ1n) is 14.2. The number of pyridine rings is 1. The average molecular weight is 562 g/mol. The van der Waals surface area contributed by atoms with E-state index < -0.39 is 5.41 Å². The van der Waals surface area contributed by atoms with Gasteiger partial charge in [-0.25, -0.2) is 0 Å². The van der Waals surface area contributed by atoms with E-state index >= 15 is 0 Å². The summed E-state index contributed by atoms with van der Waals surface area (Å²) in [6.45, 7) is 2.14. The van der Waals surface area contributed by atoms with E-state index in [1.54, 1.807) is 12.3 Å². The molecule has 0 spiro atoms. The van der Waals surface area contributed by atoms with Crippen molar-refractivity contribution in [3.05, 3.63) is 155 Å². The Hall–Kier alpha value is -4.93. The number of hydrogen-bond acceptors (Lipinski definition) is 4. The molecule has 0 amide bonds. The molecule has 7 aromatic rings. The van der Waals surface area contributed by atoms with Crippen molar-refractivity contribution in [3.8, 4) is 28.4 Å². The van der Waals surface area contributed by atoms with E-state index in [0.717, 1.165) is 51.3 Å². The van der Waals surface area contributed by atoms with Crippen LogP contribution in [0, 0.1) is 0 Å². The van der Waals surface area contributed by atoms with E-state index in [1.807, 2.05) is 53.9 Å². The highest BCUT2D eigenvalue weighted by Crippen LogP contribution is 2.57. The molecule has 8 rings (SSSR count). The Morgan fingerprint density at radius 3 is 2.24 bits per heavy atom. The zero-order chi connectivity index (χ0) is 28.3. The normalized spacial score (nSPS) is 15.7. The van der Waals surface area contributed by atoms with Gasteiger partial charge in [0.1, 0.15) is 11.5 Å². The monoisotopic (exact) mass is 561 g/mol. The lowest BCUT2D eigenvalue weighted by Crippen LogP contribution is -2.35. The van der Waals surface area contributed by atoms with Crippen LogP contribution < -0.4 is 4.74 Å². The second-order valence-corrected chi connectivity index (χ2v) is 11.9. The lowest BCUT2D eigenvalue weighted by Gasteiger charge is -2.42. The Balaban J connectivity index is 1.38. The van der Waals surface area contributed by atoms with Crippen molar-refractivity contribution < 1.29 is 9.84 Å². The zero-order valence-corrected chi connectivity index (χ0v) is 23.9. The minimum Gasteiger partial charge on any atom is -0.508 e. The fourth-order valence-corrected chi connectivity index (χ4v) is 7.80. The van der Waals surface area contributed by atoms with Gasteiger partial charge in [-0.3, -0.25) is 4.98 Å². The summed E-state index contributed by atoms with van der Waals surface area (Å²) in [5.74, 6) is 1.73. The third-order valence-electron chi connectivity index (χ3n) is 8.59. The standard InChI is InChI=1S/C38H27NO2S/c1-2-24-22-39-23-34-37(24)38(30-10-4-6-12-32(30)40,31-11-5-7-13-33(31)41-34)27-18-15-25(16-19-27)26-17-20-36-29(21-26)28-9-3-8-14-35(28)42-36/h3-23,40H,2H2,1H3. The lowest BCUT2D eigenvalue weighted by atomic mass is 9.62. The summed E-state index contributed by atoms with van der Waals surface area (Å²) in [6.07, 6.45) is 4.51. The maximum absolute atomic E-state index is 11.4. The predicted octanol–water partition coefficient (Wildman–Crippen LogP) is 9.87. The SMILES string of the molecule is CCc1cncc2c1C(c1ccc(-c3ccc4sc5ccccc5c4c3)cc1)(c1ccccc1O)c1ccccc1O2. The number of hydrogen-bond donors (Lipinski definition) is 1. The van der Waals surface area contributed by atoms with Crippen LogP contribution in [0.1, 0.15) is 34.7 Å². The minimum absolute atomic E-state index is 0.248. The van der Waals surface area contributed by atoms with Crippen LogP contribution in [0.3, 0.4) is 0 Å². The number of fused-ring (bicyclic) bond motifs is 5. The van der Waals surface area contributed by atoms with Crippen molar-refractivity contribution in [2.75, 3.05) is 0 Å². The lowest BCUT2D eigenvalue weighted by molar-refractivity contribution is 0.418. The van der Waals surface area contributed by atoms with E-state index in [4.69, 9.17) is 4.74 Å². The number of aromatic hydroxyl groups is 1. The van der Waals surface area contributed by atoms with Crippen molar-refractivity contribution in [2.24, 2.45) is 0 Å². The summed E-state index contributed by atoms with van der Waals surface area (Å²) in [6, 6.07) is 40.0. The highest BCUT2D eigenvalue weighted by atomic mass is 32.1. The number of rotatable bonds is 4. The average Bonchev–Trinajstić information content (AvgIpc) is 3.42. The molecule has 0 aliphatic carbocycles. The van der Waals surface area contributed by atoms with Gasteiger partial charge in [-0.05, 0) is 59.0 Å². The second-order valence-electron chi connectivity index (χ2n) is 10.8. The number of para-hydroxylation sites is 2. The summed E-state index contributed by atoms with van der Waals surface area (Å²) in [7, 11) is 0. The highest BCUT2D eigenvalue weighted by Gasteiger charge is 2.48. The Morgan fingerprint density at radius 1 is 0.690 bits per heavy atom. The molecular weight excluding hydrogens is 534 g/mol. The minimum atomic E-state index is -0.796. The fraction of sp³-hybridized carbons (Fsp3) is 0.0789. The Labute approximate surface area is 248 Å². The highest BCUT2D eigenvalue weighted by molar-refractivity contribution is 7.25. The van der Waals surface area contributed by atoms with Gasteiger partial charge in [-0.15, -0.1) is 11.3 Å². The van der Waals surface area contributed by atoms with E-state index in [1.165, 1.54) is 25.7 Å². The summed E-state index contributed by atoms with van der Waals surface area (Å²) in [5.41, 5.74) is 6.53. The van der Waals surface area contributed by atoms with Gasteiger partial charge >= 0.3 is 0 Å². The van der Waals surface area contributed by atoms with Gasteiger partial charge in [-0.2, -0.15) is 0 Å². The van der Waals surface area contributed by atoms with Crippen molar-refractivity contribution in [1.82, 2.24) is 4.98 Å². The maximum Gasteiger partial charge on any atom is 0.150 e. The molecule has 2 aromatic heterocycles. The Kier molecular flexibility index (Phi) is 5.66. The Bertz CT molecular complexity index is 2120. The number of thiophene rings is 1. The summed E-state index contributed by atoms with van der Waals surface area (Å²) in [5, 5.41) is 14.0. The number of aryl methyl sites for hydroxylation is 1. The molecule has 4 heteroatoms. The van der Waals surface area contributed by atoms with Gasteiger partial charge in [0.2, 0.25) is 0 Å². The molecule has 1 unspecified atom stereocenters. The molecule has 1 aliphatic heterocycles. The third kappa shape index (κ3) is 3.55. The first-order chi connectivity index (χ1) is 20.7. The van der Waals surface area contributed by atoms with Crippen LogP contribution >= 0.6 is 11.3 Å². The van der Waals surface area contributed by atoms with E-state index in [0.29, 0.717) is 0 Å². The molecule has 0 bridgehead atoms. The summed E-state index contributed by atoms with van der Waals surface area (Å²) in [4.78, 5) is 4.53. The molecule has 1 aliphatic rings. The maximum atomic E-state index is 11.4. The molecule has 1 atom stereocenters. The molecular formula is C38H27NO2S. The third-order valence-corrected chi connectivity index (χ3v) is 9.74. The van der Waals surface area contributed by atoms with E-state index in [9.17, 15) is 5.11 Å². The molecule has 42 heavy (non-hydrogen) atoms. The molecule has 5 aromatic carbocycles. The van der Waals surface area contributed by atoms with Gasteiger partial charge in [0.15, 0.2) is 5.75 Å². The molecule has 0 saturated carbocycles. The molecule has 3 nitrogen and oxygen atoms in total. The quantitative estimate of drug-likeness (QED) is 0.232. The first-order valence-corrected chi connectivity index (χ1v) is 15.1. The van der Waals surface area contributed by atoms with Crippen LogP contribution in [-0.4, -0.2) is 10.1 Å².